The maximum absolute atomic E-state index is 13.0. The van der Waals surface area contributed by atoms with Gasteiger partial charge in [-0.2, -0.15) is 5.10 Å². The molecule has 1 aromatic heterocycles. The van der Waals surface area contributed by atoms with Crippen LogP contribution in [0.1, 0.15) is 29.0 Å². The summed E-state index contributed by atoms with van der Waals surface area (Å²) < 4.78 is 1.67. The van der Waals surface area contributed by atoms with Gasteiger partial charge in [0.1, 0.15) is 0 Å². The lowest BCUT2D eigenvalue weighted by Gasteiger charge is -2.21. The minimum absolute atomic E-state index is 0.0182. The second kappa shape index (κ2) is 7.03. The summed E-state index contributed by atoms with van der Waals surface area (Å²) in [5, 5.41) is 7.86. The van der Waals surface area contributed by atoms with E-state index in [0.29, 0.717) is 30.6 Å². The molecule has 6 heteroatoms. The summed E-state index contributed by atoms with van der Waals surface area (Å²) in [4.78, 5) is 27.3. The van der Waals surface area contributed by atoms with Crippen LogP contribution in [0.25, 0.3) is 5.69 Å². The van der Waals surface area contributed by atoms with Gasteiger partial charge >= 0.3 is 0 Å². The summed E-state index contributed by atoms with van der Waals surface area (Å²) in [5.74, 6) is 1.03. The maximum atomic E-state index is 13.0. The van der Waals surface area contributed by atoms with Gasteiger partial charge in [0.15, 0.2) is 5.69 Å². The Morgan fingerprint density at radius 2 is 1.77 bits per heavy atom. The Morgan fingerprint density at radius 1 is 1.12 bits per heavy atom. The van der Waals surface area contributed by atoms with Crippen LogP contribution in [0, 0.1) is 18.8 Å². The van der Waals surface area contributed by atoms with Gasteiger partial charge in [0.2, 0.25) is 5.43 Å². The highest BCUT2D eigenvalue weighted by Crippen LogP contribution is 2.27. The minimum atomic E-state index is -0.300. The molecule has 0 saturated carbocycles. The van der Waals surface area contributed by atoms with Gasteiger partial charge in [-0.25, -0.2) is 4.68 Å². The molecule has 1 N–H and O–H groups in total. The number of para-hydroxylation sites is 1. The molecule has 4 rings (SSSR count). The fraction of sp³-hybridized carbons (Fsp3) is 0.450. The van der Waals surface area contributed by atoms with Crippen molar-refractivity contribution in [3.05, 3.63) is 58.0 Å². The molecule has 0 bridgehead atoms. The number of nitrogens with one attached hydrogen (secondary N) is 1. The van der Waals surface area contributed by atoms with Crippen molar-refractivity contribution in [3.8, 4) is 5.69 Å². The number of hydrogen-bond donors (Lipinski definition) is 1. The zero-order valence-corrected chi connectivity index (χ0v) is 15.0. The van der Waals surface area contributed by atoms with Gasteiger partial charge in [0.05, 0.1) is 5.69 Å². The molecule has 0 spiro atoms. The Labute approximate surface area is 152 Å². The number of amides is 1. The lowest BCUT2D eigenvalue weighted by Crippen LogP contribution is -2.37. The van der Waals surface area contributed by atoms with Gasteiger partial charge < -0.3 is 10.2 Å². The van der Waals surface area contributed by atoms with Crippen LogP contribution >= 0.6 is 0 Å². The van der Waals surface area contributed by atoms with Crippen molar-refractivity contribution in [2.75, 3.05) is 26.2 Å². The molecule has 2 aliphatic heterocycles. The number of nitrogens with zero attached hydrogens (tertiary/aromatic N) is 3. The fourth-order valence-electron chi connectivity index (χ4n) is 4.10. The Balaban J connectivity index is 1.62. The summed E-state index contributed by atoms with van der Waals surface area (Å²) in [6.07, 6.45) is 1.98. The molecule has 136 valence electrons. The zero-order valence-electron chi connectivity index (χ0n) is 15.0. The first-order valence-corrected chi connectivity index (χ1v) is 9.30. The highest BCUT2D eigenvalue weighted by molar-refractivity contribution is 5.92. The number of carbonyl (C=O) groups is 1. The lowest BCUT2D eigenvalue weighted by molar-refractivity contribution is 0.0749. The summed E-state index contributed by atoms with van der Waals surface area (Å²) in [6.45, 7) is 5.30. The van der Waals surface area contributed by atoms with Crippen LogP contribution in [0.2, 0.25) is 0 Å². The first-order chi connectivity index (χ1) is 12.6. The fourth-order valence-corrected chi connectivity index (χ4v) is 4.10. The molecule has 6 nitrogen and oxygen atoms in total. The smallest absolute Gasteiger partial charge is 0.278 e. The van der Waals surface area contributed by atoms with Gasteiger partial charge in [-0.3, -0.25) is 9.59 Å². The number of aryl methyl sites for hydroxylation is 1. The third-order valence-electron chi connectivity index (χ3n) is 5.62. The van der Waals surface area contributed by atoms with Crippen LogP contribution in [0.3, 0.4) is 0 Å². The SMILES string of the molecule is Cc1cc(=O)c(C(=O)N2CC[C@@H]3CNC[C@@H]3CC2)nn1-c1ccccc1. The van der Waals surface area contributed by atoms with Gasteiger partial charge in [-0.05, 0) is 56.8 Å². The van der Waals surface area contributed by atoms with E-state index in [0.717, 1.165) is 31.6 Å². The molecular formula is C20H24N4O2. The number of fused-ring (bicyclic) bond motifs is 1. The Morgan fingerprint density at radius 3 is 2.42 bits per heavy atom. The van der Waals surface area contributed by atoms with Crippen LogP contribution in [0.4, 0.5) is 0 Å². The van der Waals surface area contributed by atoms with Crippen molar-refractivity contribution in [2.45, 2.75) is 19.8 Å². The van der Waals surface area contributed by atoms with E-state index in [1.807, 2.05) is 42.2 Å². The van der Waals surface area contributed by atoms with Crippen LogP contribution in [-0.4, -0.2) is 46.8 Å². The number of carbonyl (C=O) groups excluding carboxylic acids is 1. The molecule has 2 aliphatic rings. The predicted molar refractivity (Wildman–Crippen MR) is 99.6 cm³/mol. The van der Waals surface area contributed by atoms with Crippen LogP contribution in [0.15, 0.2) is 41.2 Å². The van der Waals surface area contributed by atoms with E-state index >= 15 is 0 Å². The standard InChI is InChI=1S/C20H24N4O2/c1-14-11-18(25)19(22-24(14)17-5-3-2-4-6-17)20(26)23-9-7-15-12-21-13-16(15)8-10-23/h2-6,11,15-16,21H,7-10,12-13H2,1H3/t15-,16+. The van der Waals surface area contributed by atoms with Crippen molar-refractivity contribution < 1.29 is 4.79 Å². The van der Waals surface area contributed by atoms with Crippen molar-refractivity contribution in [3.63, 3.8) is 0 Å². The van der Waals surface area contributed by atoms with Crippen LogP contribution in [0.5, 0.6) is 0 Å². The van der Waals surface area contributed by atoms with Crippen molar-refractivity contribution in [1.82, 2.24) is 20.0 Å². The normalized spacial score (nSPS) is 22.7. The third-order valence-corrected chi connectivity index (χ3v) is 5.62. The summed E-state index contributed by atoms with van der Waals surface area (Å²) in [6, 6.07) is 11.1. The van der Waals surface area contributed by atoms with E-state index in [2.05, 4.69) is 10.4 Å². The highest BCUT2D eigenvalue weighted by Gasteiger charge is 2.32. The van der Waals surface area contributed by atoms with Gasteiger partial charge in [0, 0.05) is 24.8 Å². The molecule has 26 heavy (non-hydrogen) atoms. The molecule has 3 heterocycles. The zero-order chi connectivity index (χ0) is 18.1. The van der Waals surface area contributed by atoms with E-state index in [1.54, 1.807) is 4.68 Å². The van der Waals surface area contributed by atoms with E-state index in [9.17, 15) is 9.59 Å². The van der Waals surface area contributed by atoms with E-state index in [-0.39, 0.29) is 17.0 Å². The molecular weight excluding hydrogens is 328 g/mol. The Bertz CT molecular complexity index is 848. The molecule has 1 aromatic carbocycles. The second-order valence-electron chi connectivity index (χ2n) is 7.29. The Kier molecular flexibility index (Phi) is 4.59. The van der Waals surface area contributed by atoms with Crippen molar-refractivity contribution >= 4 is 5.91 Å². The van der Waals surface area contributed by atoms with Crippen molar-refractivity contribution in [1.29, 1.82) is 0 Å². The minimum Gasteiger partial charge on any atom is -0.337 e. The number of benzene rings is 1. The van der Waals surface area contributed by atoms with Crippen molar-refractivity contribution in [2.24, 2.45) is 11.8 Å². The first kappa shape index (κ1) is 17.0. The van der Waals surface area contributed by atoms with Crippen LogP contribution < -0.4 is 10.7 Å². The van der Waals surface area contributed by atoms with Gasteiger partial charge in [-0.15, -0.1) is 0 Å². The van der Waals surface area contributed by atoms with E-state index in [1.165, 1.54) is 6.07 Å². The van der Waals surface area contributed by atoms with E-state index < -0.39 is 0 Å². The molecule has 2 aromatic rings. The number of hydrogen-bond acceptors (Lipinski definition) is 4. The first-order valence-electron chi connectivity index (χ1n) is 9.30. The average Bonchev–Trinajstić information content (AvgIpc) is 3.00. The quantitative estimate of drug-likeness (QED) is 0.892. The number of aromatic nitrogens is 2. The summed E-state index contributed by atoms with van der Waals surface area (Å²) >= 11 is 0. The van der Waals surface area contributed by atoms with Gasteiger partial charge in [-0.1, -0.05) is 18.2 Å². The summed E-state index contributed by atoms with van der Waals surface area (Å²) in [5.41, 5.74) is 1.28. The van der Waals surface area contributed by atoms with Gasteiger partial charge in [0.25, 0.3) is 5.91 Å². The van der Waals surface area contributed by atoms with E-state index in [4.69, 9.17) is 0 Å². The lowest BCUT2D eigenvalue weighted by atomic mass is 9.92. The largest absolute Gasteiger partial charge is 0.337 e. The second-order valence-corrected chi connectivity index (χ2v) is 7.29. The molecule has 2 fully saturated rings. The topological polar surface area (TPSA) is 67.2 Å². The molecule has 0 aliphatic carbocycles. The predicted octanol–water partition coefficient (Wildman–Crippen LogP) is 1.61. The number of rotatable bonds is 2. The molecule has 0 radical (unpaired) electrons. The van der Waals surface area contributed by atoms with Crippen LogP contribution in [-0.2, 0) is 0 Å². The monoisotopic (exact) mass is 352 g/mol. The molecule has 0 unspecified atom stereocenters. The molecule has 2 saturated heterocycles. The third kappa shape index (κ3) is 3.17. The molecule has 1 amide bonds. The highest BCUT2D eigenvalue weighted by atomic mass is 16.2. The number of likely N-dealkylation sites (tertiary alicyclic amines) is 1. The maximum Gasteiger partial charge on any atom is 0.278 e. The molecule has 2 atom stereocenters. The average molecular weight is 352 g/mol. The summed E-state index contributed by atoms with van der Waals surface area (Å²) in [7, 11) is 0. The Hall–Kier alpha value is -2.47.